The molecule has 11 heteroatoms. The molecular formula is C23H30N2O8S. The van der Waals surface area contributed by atoms with Crippen LogP contribution in [0.25, 0.3) is 0 Å². The molecule has 186 valence electrons. The minimum atomic E-state index is -4.24. The number of fused-ring (bicyclic) bond motifs is 1. The normalized spacial score (nSPS) is 16.9. The number of hydrogen-bond acceptors (Lipinski definition) is 8. The number of ether oxygens (including phenoxy) is 4. The van der Waals surface area contributed by atoms with E-state index in [9.17, 15) is 13.2 Å². The van der Waals surface area contributed by atoms with Crippen LogP contribution in [0.5, 0.6) is 28.7 Å². The highest BCUT2D eigenvalue weighted by atomic mass is 32.2. The van der Waals surface area contributed by atoms with Gasteiger partial charge in [0, 0.05) is 11.1 Å². The maximum absolute atomic E-state index is 13.8. The zero-order valence-electron chi connectivity index (χ0n) is 20.3. The minimum absolute atomic E-state index is 0.00356. The second-order valence-corrected chi connectivity index (χ2v) is 9.68. The summed E-state index contributed by atoms with van der Waals surface area (Å²) in [5.41, 5.74) is 1.38. The summed E-state index contributed by atoms with van der Waals surface area (Å²) >= 11 is 0. The van der Waals surface area contributed by atoms with Gasteiger partial charge in [0.05, 0.1) is 34.5 Å². The number of hydrogen-bond donors (Lipinski definition) is 1. The van der Waals surface area contributed by atoms with Gasteiger partial charge in [0.25, 0.3) is 5.91 Å². The van der Waals surface area contributed by atoms with Crippen LogP contribution in [-0.4, -0.2) is 53.2 Å². The lowest BCUT2D eigenvalue weighted by Crippen LogP contribution is -2.53. The summed E-state index contributed by atoms with van der Waals surface area (Å²) in [7, 11) is 1.63. The molecule has 1 aliphatic heterocycles. The number of nitrogens with two attached hydrogens (primary N) is 1. The lowest BCUT2D eigenvalue weighted by molar-refractivity contribution is 0.0367. The molecule has 1 unspecified atom stereocenters. The molecule has 1 atom stereocenters. The van der Waals surface area contributed by atoms with Gasteiger partial charge in [-0.1, -0.05) is 0 Å². The first-order chi connectivity index (χ1) is 15.9. The summed E-state index contributed by atoms with van der Waals surface area (Å²) < 4.78 is 49.4. The summed E-state index contributed by atoms with van der Waals surface area (Å²) in [4.78, 5) is 15.6. The van der Waals surface area contributed by atoms with Crippen LogP contribution >= 0.6 is 0 Å². The molecule has 0 aromatic heterocycles. The van der Waals surface area contributed by atoms with Crippen molar-refractivity contribution in [3.63, 3.8) is 0 Å². The monoisotopic (exact) mass is 494 g/mol. The van der Waals surface area contributed by atoms with E-state index in [-0.39, 0.29) is 23.4 Å². The van der Waals surface area contributed by atoms with Gasteiger partial charge in [0.1, 0.15) is 0 Å². The van der Waals surface area contributed by atoms with Crippen molar-refractivity contribution < 1.29 is 36.3 Å². The number of carbonyl (C=O) groups is 1. The van der Waals surface area contributed by atoms with Crippen LogP contribution in [-0.2, 0) is 16.7 Å². The fraction of sp³-hybridized carbons (Fsp3) is 0.435. The van der Waals surface area contributed by atoms with E-state index in [1.165, 1.54) is 28.4 Å². The van der Waals surface area contributed by atoms with Crippen LogP contribution in [0.15, 0.2) is 24.3 Å². The predicted octanol–water partition coefficient (Wildman–Crippen LogP) is 2.84. The van der Waals surface area contributed by atoms with Crippen LogP contribution in [0, 0.1) is 0 Å². The molecule has 2 N–H and O–H groups in total. The highest BCUT2D eigenvalue weighted by molar-refractivity contribution is 7.84. The smallest absolute Gasteiger partial charge is 0.380 e. The van der Waals surface area contributed by atoms with Crippen molar-refractivity contribution in [3.05, 3.63) is 41.0 Å². The van der Waals surface area contributed by atoms with E-state index in [0.29, 0.717) is 29.2 Å². The van der Waals surface area contributed by atoms with Gasteiger partial charge in [-0.3, -0.25) is 4.79 Å². The Morgan fingerprint density at radius 2 is 1.50 bits per heavy atom. The molecule has 2 aromatic rings. The first-order valence-corrected chi connectivity index (χ1v) is 11.9. The van der Waals surface area contributed by atoms with Gasteiger partial charge in [-0.2, -0.15) is 13.6 Å². The predicted molar refractivity (Wildman–Crippen MR) is 125 cm³/mol. The second kappa shape index (κ2) is 9.22. The van der Waals surface area contributed by atoms with Crippen molar-refractivity contribution in [1.82, 2.24) is 4.90 Å². The SMILES string of the molecule is COc1cc2c(cc1OS(N)(=O)=O)CC(C)(C)N(C(=O)c1cc(OC)c(OC)c(OC)c1)C2C. The molecule has 0 saturated carbocycles. The number of carbonyl (C=O) groups excluding carboxylic acids is 1. The molecule has 1 aliphatic rings. The van der Waals surface area contributed by atoms with Crippen LogP contribution in [0.4, 0.5) is 0 Å². The van der Waals surface area contributed by atoms with E-state index in [1.54, 1.807) is 29.2 Å². The standard InChI is InChI=1S/C23H30N2O8S/c1-13-16-11-17(29-4)18(33-34(24,27)28)10-15(16)12-23(2,3)25(13)22(26)14-8-19(30-5)21(32-7)20(9-14)31-6/h8-11,13H,12H2,1-7H3,(H2,24,27,28). The van der Waals surface area contributed by atoms with Gasteiger partial charge < -0.3 is 28.0 Å². The van der Waals surface area contributed by atoms with E-state index in [2.05, 4.69) is 0 Å². The summed E-state index contributed by atoms with van der Waals surface area (Å²) in [6.07, 6.45) is 0.438. The topological polar surface area (TPSA) is 127 Å². The molecule has 34 heavy (non-hydrogen) atoms. The third-order valence-electron chi connectivity index (χ3n) is 5.87. The van der Waals surface area contributed by atoms with E-state index in [0.717, 1.165) is 11.1 Å². The summed E-state index contributed by atoms with van der Waals surface area (Å²) in [5.74, 6) is 1.10. The molecule has 0 saturated heterocycles. The number of nitrogens with zero attached hydrogens (tertiary/aromatic N) is 1. The summed E-state index contributed by atoms with van der Waals surface area (Å²) in [6, 6.07) is 6.13. The van der Waals surface area contributed by atoms with Crippen LogP contribution in [0.3, 0.4) is 0 Å². The third kappa shape index (κ3) is 4.71. The molecule has 10 nitrogen and oxygen atoms in total. The van der Waals surface area contributed by atoms with Gasteiger partial charge in [-0.15, -0.1) is 0 Å². The first-order valence-electron chi connectivity index (χ1n) is 10.4. The number of benzene rings is 2. The van der Waals surface area contributed by atoms with E-state index in [1.807, 2.05) is 20.8 Å². The number of methoxy groups -OCH3 is 4. The highest BCUT2D eigenvalue weighted by Gasteiger charge is 2.42. The van der Waals surface area contributed by atoms with E-state index < -0.39 is 15.8 Å². The molecule has 0 aliphatic carbocycles. The zero-order chi connectivity index (χ0) is 25.4. The molecule has 0 spiro atoms. The molecule has 2 aromatic carbocycles. The largest absolute Gasteiger partial charge is 0.493 e. The molecular weight excluding hydrogens is 464 g/mol. The average molecular weight is 495 g/mol. The zero-order valence-corrected chi connectivity index (χ0v) is 21.1. The fourth-order valence-electron chi connectivity index (χ4n) is 4.52. The lowest BCUT2D eigenvalue weighted by atomic mass is 9.81. The molecule has 0 radical (unpaired) electrons. The Kier molecular flexibility index (Phi) is 6.90. The Bertz CT molecular complexity index is 1180. The van der Waals surface area contributed by atoms with Gasteiger partial charge >= 0.3 is 10.3 Å². The van der Waals surface area contributed by atoms with Crippen LogP contribution in [0.1, 0.15) is 48.3 Å². The summed E-state index contributed by atoms with van der Waals surface area (Å²) in [6.45, 7) is 5.77. The molecule has 1 heterocycles. The molecule has 3 rings (SSSR count). The van der Waals surface area contributed by atoms with Crippen molar-refractivity contribution in [1.29, 1.82) is 0 Å². The third-order valence-corrected chi connectivity index (χ3v) is 6.29. The Morgan fingerprint density at radius 3 is 1.97 bits per heavy atom. The molecule has 0 bridgehead atoms. The quantitative estimate of drug-likeness (QED) is 0.623. The highest BCUT2D eigenvalue weighted by Crippen LogP contribution is 2.45. The van der Waals surface area contributed by atoms with Crippen molar-refractivity contribution >= 4 is 16.2 Å². The Labute approximate surface area is 199 Å². The number of rotatable bonds is 7. The van der Waals surface area contributed by atoms with Crippen molar-refractivity contribution in [2.45, 2.75) is 38.8 Å². The van der Waals surface area contributed by atoms with Gasteiger partial charge in [-0.05, 0) is 62.6 Å². The van der Waals surface area contributed by atoms with Crippen molar-refractivity contribution in [3.8, 4) is 28.7 Å². The van der Waals surface area contributed by atoms with Crippen LogP contribution < -0.4 is 28.3 Å². The lowest BCUT2D eigenvalue weighted by Gasteiger charge is -2.47. The van der Waals surface area contributed by atoms with Gasteiger partial charge in [-0.25, -0.2) is 0 Å². The minimum Gasteiger partial charge on any atom is -0.493 e. The Hall–Kier alpha value is -3.18. The van der Waals surface area contributed by atoms with Crippen molar-refractivity contribution in [2.75, 3.05) is 28.4 Å². The van der Waals surface area contributed by atoms with E-state index >= 15 is 0 Å². The van der Waals surface area contributed by atoms with Crippen molar-refractivity contribution in [2.24, 2.45) is 5.14 Å². The molecule has 1 amide bonds. The second-order valence-electron chi connectivity index (χ2n) is 8.53. The maximum Gasteiger partial charge on any atom is 0.380 e. The van der Waals surface area contributed by atoms with Gasteiger partial charge in [0.2, 0.25) is 5.75 Å². The Morgan fingerprint density at radius 1 is 0.941 bits per heavy atom. The maximum atomic E-state index is 13.8. The molecule has 0 fully saturated rings. The Balaban J connectivity index is 2.10. The van der Waals surface area contributed by atoms with E-state index in [4.69, 9.17) is 28.3 Å². The first kappa shape index (κ1) is 25.4. The van der Waals surface area contributed by atoms with Gasteiger partial charge in [0.15, 0.2) is 23.0 Å². The fourth-order valence-corrected chi connectivity index (χ4v) is 4.90. The summed E-state index contributed by atoms with van der Waals surface area (Å²) in [5, 5.41) is 5.05. The van der Waals surface area contributed by atoms with Crippen LogP contribution in [0.2, 0.25) is 0 Å². The average Bonchev–Trinajstić information content (AvgIpc) is 2.75. The number of amides is 1.